The summed E-state index contributed by atoms with van der Waals surface area (Å²) in [4.78, 5) is 25.6. The molecular weight excluding hydrogens is 493 g/mol. The van der Waals surface area contributed by atoms with Crippen molar-refractivity contribution in [2.45, 2.75) is 12.6 Å². The molecule has 35 heavy (non-hydrogen) atoms. The Hall–Kier alpha value is -3.52. The summed E-state index contributed by atoms with van der Waals surface area (Å²) in [5.74, 6) is -0.866. The second-order valence-corrected chi connectivity index (χ2v) is 8.24. The number of aliphatic hydroxyl groups excluding tert-OH is 1. The van der Waals surface area contributed by atoms with E-state index in [0.717, 1.165) is 12.2 Å². The number of hydrogen-bond donors (Lipinski definition) is 2. The van der Waals surface area contributed by atoms with E-state index in [4.69, 9.17) is 37.8 Å². The number of halogens is 2. The highest BCUT2D eigenvalue weighted by atomic mass is 35.5. The third kappa shape index (κ3) is 6.33. The molecule has 0 aliphatic heterocycles. The van der Waals surface area contributed by atoms with Crippen molar-refractivity contribution in [3.63, 3.8) is 0 Å². The molecule has 0 fully saturated rings. The number of methoxy groups -OCH3 is 2. The van der Waals surface area contributed by atoms with Gasteiger partial charge in [-0.2, -0.15) is 0 Å². The zero-order valence-corrected chi connectivity index (χ0v) is 20.5. The van der Waals surface area contributed by atoms with E-state index in [0.29, 0.717) is 43.9 Å². The molecule has 0 bridgehead atoms. The van der Waals surface area contributed by atoms with Crippen molar-refractivity contribution in [2.24, 2.45) is 0 Å². The van der Waals surface area contributed by atoms with Crippen LogP contribution in [0.4, 0.5) is 5.69 Å². The van der Waals surface area contributed by atoms with Gasteiger partial charge in [-0.05, 0) is 36.4 Å². The van der Waals surface area contributed by atoms with Crippen LogP contribution >= 0.6 is 23.2 Å². The number of carbonyl (C=O) groups is 2. The van der Waals surface area contributed by atoms with E-state index in [1.807, 2.05) is 0 Å². The second kappa shape index (κ2) is 11.8. The van der Waals surface area contributed by atoms with Crippen molar-refractivity contribution < 1.29 is 29.3 Å². The molecule has 3 rings (SSSR count). The third-order valence-corrected chi connectivity index (χ3v) is 5.81. The monoisotopic (exact) mass is 515 g/mol. The van der Waals surface area contributed by atoms with Crippen molar-refractivity contribution in [1.82, 2.24) is 0 Å². The lowest BCUT2D eigenvalue weighted by molar-refractivity contribution is -0.131. The molecule has 0 aliphatic rings. The lowest BCUT2D eigenvalue weighted by Crippen LogP contribution is -2.30. The maximum atomic E-state index is 13.2. The molecule has 1 atom stereocenters. The molecule has 0 heterocycles. The van der Waals surface area contributed by atoms with Crippen molar-refractivity contribution in [2.75, 3.05) is 19.1 Å². The third-order valence-electron chi connectivity index (χ3n) is 5.23. The number of aliphatic hydroxyl groups is 1. The second-order valence-electron chi connectivity index (χ2n) is 7.40. The van der Waals surface area contributed by atoms with Crippen molar-refractivity contribution in [1.29, 1.82) is 0 Å². The van der Waals surface area contributed by atoms with Gasteiger partial charge in [-0.15, -0.1) is 0 Å². The zero-order valence-electron chi connectivity index (χ0n) is 18.9. The Morgan fingerprint density at radius 3 is 2.37 bits per heavy atom. The summed E-state index contributed by atoms with van der Waals surface area (Å²) >= 11 is 12.6. The summed E-state index contributed by atoms with van der Waals surface area (Å²) in [6, 6.07) is 16.6. The van der Waals surface area contributed by atoms with Crippen molar-refractivity contribution in [3.8, 4) is 11.5 Å². The van der Waals surface area contributed by atoms with Crippen LogP contribution < -0.4 is 14.4 Å². The fourth-order valence-electron chi connectivity index (χ4n) is 3.52. The Labute approximate surface area is 212 Å². The minimum Gasteiger partial charge on any atom is -0.497 e. The van der Waals surface area contributed by atoms with E-state index in [1.54, 1.807) is 54.6 Å². The van der Waals surface area contributed by atoms with Gasteiger partial charge in [0.1, 0.15) is 17.6 Å². The first-order chi connectivity index (χ1) is 16.7. The van der Waals surface area contributed by atoms with Crippen molar-refractivity contribution in [3.05, 3.63) is 99.6 Å². The number of benzene rings is 3. The molecule has 2 N–H and O–H groups in total. The van der Waals surface area contributed by atoms with E-state index in [1.165, 1.54) is 25.2 Å². The number of ether oxygens (including phenoxy) is 2. The Balaban J connectivity index is 2.15. The quantitative estimate of drug-likeness (QED) is 0.377. The van der Waals surface area contributed by atoms with Gasteiger partial charge in [0, 0.05) is 45.0 Å². The van der Waals surface area contributed by atoms with Crippen LogP contribution in [0.15, 0.2) is 72.8 Å². The van der Waals surface area contributed by atoms with Gasteiger partial charge in [0.25, 0.3) is 5.91 Å². The first kappa shape index (κ1) is 26.1. The first-order valence-electron chi connectivity index (χ1n) is 10.4. The number of carboxylic acid groups (broad SMARTS) is 1. The van der Waals surface area contributed by atoms with Gasteiger partial charge >= 0.3 is 5.97 Å². The molecule has 1 unspecified atom stereocenters. The topological polar surface area (TPSA) is 96.3 Å². The predicted octanol–water partition coefficient (Wildman–Crippen LogP) is 5.27. The number of hydrogen-bond acceptors (Lipinski definition) is 5. The van der Waals surface area contributed by atoms with Gasteiger partial charge in [0.05, 0.1) is 26.5 Å². The van der Waals surface area contributed by atoms with Gasteiger partial charge < -0.3 is 24.6 Å². The highest BCUT2D eigenvalue weighted by molar-refractivity contribution is 6.31. The maximum absolute atomic E-state index is 13.2. The summed E-state index contributed by atoms with van der Waals surface area (Å²) in [7, 11) is 3.01. The van der Waals surface area contributed by atoms with E-state index in [-0.39, 0.29) is 6.54 Å². The summed E-state index contributed by atoms with van der Waals surface area (Å²) in [6.45, 7) is -0.000164. The molecule has 0 radical (unpaired) electrons. The lowest BCUT2D eigenvalue weighted by Gasteiger charge is -2.27. The fourth-order valence-corrected chi connectivity index (χ4v) is 3.94. The molecule has 3 aromatic carbocycles. The van der Waals surface area contributed by atoms with Gasteiger partial charge in [-0.25, -0.2) is 4.79 Å². The van der Waals surface area contributed by atoms with Gasteiger partial charge in [-0.3, -0.25) is 4.79 Å². The van der Waals surface area contributed by atoms with Crippen LogP contribution in [0, 0.1) is 0 Å². The summed E-state index contributed by atoms with van der Waals surface area (Å²) in [6.07, 6.45) is 0.480. The molecule has 7 nitrogen and oxygen atoms in total. The Morgan fingerprint density at radius 2 is 1.71 bits per heavy atom. The SMILES string of the molecule is COc1ccc(CN(C(=O)/C=C/C(=O)O)c2ccc(Cl)cc2C(O)c2ccccc2Cl)c(OC)c1. The van der Waals surface area contributed by atoms with Crippen LogP contribution in [-0.4, -0.2) is 36.3 Å². The van der Waals surface area contributed by atoms with Gasteiger partial charge in [0.2, 0.25) is 0 Å². The molecule has 0 aliphatic carbocycles. The minimum atomic E-state index is -1.27. The average molecular weight is 516 g/mol. The fraction of sp³-hybridized carbons (Fsp3) is 0.154. The van der Waals surface area contributed by atoms with Crippen LogP contribution in [0.2, 0.25) is 10.0 Å². The standard InChI is InChI=1S/C26H23Cl2NO6/c1-34-18-9-7-16(23(14-18)35-2)15-29(24(30)11-12-25(31)32)22-10-8-17(27)13-20(22)26(33)19-5-3-4-6-21(19)28/h3-14,26,33H,15H2,1-2H3,(H,31,32)/b12-11+. The smallest absolute Gasteiger partial charge is 0.328 e. The average Bonchev–Trinajstić information content (AvgIpc) is 2.85. The van der Waals surface area contributed by atoms with Crippen LogP contribution in [0.25, 0.3) is 0 Å². The Kier molecular flexibility index (Phi) is 8.76. The largest absolute Gasteiger partial charge is 0.497 e. The zero-order chi connectivity index (χ0) is 25.5. The predicted molar refractivity (Wildman–Crippen MR) is 134 cm³/mol. The Morgan fingerprint density at radius 1 is 0.971 bits per heavy atom. The molecule has 0 saturated heterocycles. The molecule has 182 valence electrons. The molecule has 0 aromatic heterocycles. The van der Waals surface area contributed by atoms with Gasteiger partial charge in [0.15, 0.2) is 0 Å². The molecule has 1 amide bonds. The number of carboxylic acids is 1. The minimum absolute atomic E-state index is 0.000164. The number of aliphatic carboxylic acids is 1. The highest BCUT2D eigenvalue weighted by Crippen LogP contribution is 2.37. The Bertz CT molecular complexity index is 1260. The van der Waals surface area contributed by atoms with Crippen LogP contribution in [0.5, 0.6) is 11.5 Å². The summed E-state index contributed by atoms with van der Waals surface area (Å²) < 4.78 is 10.7. The molecule has 3 aromatic rings. The van der Waals surface area contributed by atoms with Crippen LogP contribution in [0.3, 0.4) is 0 Å². The van der Waals surface area contributed by atoms with Crippen LogP contribution in [0.1, 0.15) is 22.8 Å². The number of amides is 1. The molecule has 0 saturated carbocycles. The van der Waals surface area contributed by atoms with Crippen molar-refractivity contribution >= 4 is 40.8 Å². The molecule has 0 spiro atoms. The number of carbonyl (C=O) groups excluding carboxylic acids is 1. The number of rotatable bonds is 9. The van der Waals surface area contributed by atoms with E-state index < -0.39 is 18.0 Å². The number of nitrogens with zero attached hydrogens (tertiary/aromatic N) is 1. The summed E-state index contributed by atoms with van der Waals surface area (Å²) in [5.41, 5.74) is 1.68. The van der Waals surface area contributed by atoms with E-state index in [9.17, 15) is 14.7 Å². The van der Waals surface area contributed by atoms with Crippen LogP contribution in [-0.2, 0) is 16.1 Å². The maximum Gasteiger partial charge on any atom is 0.328 e. The molecular formula is C26H23Cl2NO6. The normalized spacial score (nSPS) is 11.8. The highest BCUT2D eigenvalue weighted by Gasteiger charge is 2.25. The van der Waals surface area contributed by atoms with Gasteiger partial charge in [-0.1, -0.05) is 41.4 Å². The molecule has 9 heteroatoms. The lowest BCUT2D eigenvalue weighted by atomic mass is 9.98. The first-order valence-corrected chi connectivity index (χ1v) is 11.2. The number of anilines is 1. The van der Waals surface area contributed by atoms with E-state index in [2.05, 4.69) is 0 Å². The van der Waals surface area contributed by atoms with E-state index >= 15 is 0 Å². The summed E-state index contributed by atoms with van der Waals surface area (Å²) in [5, 5.41) is 20.9.